The van der Waals surface area contributed by atoms with E-state index in [1.807, 2.05) is 60.2 Å². The van der Waals surface area contributed by atoms with Crippen LogP contribution < -0.4 is 0 Å². The largest absolute Gasteiger partial charge is 0.378 e. The zero-order chi connectivity index (χ0) is 15.5. The fourth-order valence-corrected chi connectivity index (χ4v) is 2.60. The van der Waals surface area contributed by atoms with E-state index >= 15 is 0 Å². The number of carbonyl (C=O) groups is 1. The number of ether oxygens (including phenoxy) is 1. The van der Waals surface area contributed by atoms with Crippen LogP contribution in [0.4, 0.5) is 0 Å². The van der Waals surface area contributed by atoms with E-state index < -0.39 is 0 Å². The van der Waals surface area contributed by atoms with Crippen molar-refractivity contribution >= 4 is 18.2 Å². The van der Waals surface area contributed by atoms with Gasteiger partial charge in [-0.1, -0.05) is 30.3 Å². The summed E-state index contributed by atoms with van der Waals surface area (Å²) in [6.45, 7) is 2.80. The van der Waals surface area contributed by atoms with Gasteiger partial charge in [0.2, 0.25) is 0 Å². The number of methoxy groups -OCH3 is 1. The van der Waals surface area contributed by atoms with Gasteiger partial charge in [-0.2, -0.15) is 0 Å². The average molecular weight is 331 g/mol. The second-order valence-electron chi connectivity index (χ2n) is 5.28. The molecule has 0 amide bonds. The Morgan fingerprint density at radius 3 is 2.61 bits per heavy atom. The molecule has 2 aliphatic rings. The monoisotopic (exact) mass is 330 g/mol. The number of hydrogen-bond donors (Lipinski definition) is 0. The molecule has 0 radical (unpaired) electrons. The molecule has 2 aliphatic heterocycles. The molecule has 0 aliphatic carbocycles. The number of rotatable bonds is 5. The van der Waals surface area contributed by atoms with E-state index in [-0.39, 0.29) is 24.7 Å². The normalized spacial score (nSPS) is 10.5. The van der Waals surface area contributed by atoms with E-state index in [0.717, 1.165) is 22.6 Å². The first kappa shape index (κ1) is 17.2. The highest BCUT2D eigenvalue weighted by molar-refractivity contribution is 5.96. The second-order valence-corrected chi connectivity index (χ2v) is 5.28. The number of fused-ring (bicyclic) bond motifs is 1. The first-order valence-corrected chi connectivity index (χ1v) is 7.22. The molecule has 0 spiro atoms. The molecular formula is C18H19ClN2O2. The molecule has 0 bridgehead atoms. The fraction of sp³-hybridized carbons (Fsp3) is 0.222. The Morgan fingerprint density at radius 1 is 1.17 bits per heavy atom. The Labute approximate surface area is 141 Å². The Hall–Kier alpha value is -2.17. The van der Waals surface area contributed by atoms with Crippen LogP contribution in [0.2, 0.25) is 0 Å². The van der Waals surface area contributed by atoms with Crippen LogP contribution in [0.3, 0.4) is 0 Å². The number of hydrogen-bond acceptors (Lipinski definition) is 3. The lowest BCUT2D eigenvalue weighted by atomic mass is 10.1. The van der Waals surface area contributed by atoms with Gasteiger partial charge >= 0.3 is 0 Å². The average Bonchev–Trinajstić information content (AvgIpc) is 2.86. The molecule has 0 saturated heterocycles. The van der Waals surface area contributed by atoms with Crippen LogP contribution in [-0.2, 0) is 17.9 Å². The van der Waals surface area contributed by atoms with Crippen molar-refractivity contribution in [2.45, 2.75) is 20.1 Å². The lowest BCUT2D eigenvalue weighted by Gasteiger charge is -2.11. The Kier molecular flexibility index (Phi) is 5.53. The summed E-state index contributed by atoms with van der Waals surface area (Å²) < 4.78 is 7.09. The summed E-state index contributed by atoms with van der Waals surface area (Å²) >= 11 is 0. The number of Topliss-reactive ketones (excluding diaryl/α,β-unsaturated/α-hetero) is 1. The van der Waals surface area contributed by atoms with Crippen molar-refractivity contribution in [3.63, 3.8) is 0 Å². The number of pyridine rings is 1. The number of ketones is 1. The van der Waals surface area contributed by atoms with Crippen molar-refractivity contribution in [3.05, 3.63) is 65.5 Å². The maximum Gasteiger partial charge on any atom is 0.182 e. The number of benzene rings is 1. The van der Waals surface area contributed by atoms with Gasteiger partial charge in [0.15, 0.2) is 5.78 Å². The molecule has 0 N–H and O–H groups in total. The van der Waals surface area contributed by atoms with Crippen molar-refractivity contribution < 1.29 is 9.53 Å². The first-order chi connectivity index (χ1) is 10.7. The number of nitrogens with zero attached hydrogens (tertiary/aromatic N) is 2. The van der Waals surface area contributed by atoms with Gasteiger partial charge in [0, 0.05) is 24.4 Å². The molecule has 3 rings (SSSR count). The highest BCUT2D eigenvalue weighted by Gasteiger charge is 2.18. The summed E-state index contributed by atoms with van der Waals surface area (Å²) in [6, 6.07) is 13.3. The number of aromatic nitrogens is 2. The second kappa shape index (κ2) is 7.40. The fourth-order valence-electron chi connectivity index (χ4n) is 2.60. The van der Waals surface area contributed by atoms with Gasteiger partial charge in [-0.05, 0) is 24.6 Å². The van der Waals surface area contributed by atoms with E-state index in [2.05, 4.69) is 4.98 Å². The van der Waals surface area contributed by atoms with E-state index in [1.54, 1.807) is 7.11 Å². The van der Waals surface area contributed by atoms with Gasteiger partial charge in [0.1, 0.15) is 5.82 Å². The molecule has 5 heteroatoms. The van der Waals surface area contributed by atoms with Gasteiger partial charge < -0.3 is 9.30 Å². The van der Waals surface area contributed by atoms with Crippen LogP contribution in [0.25, 0.3) is 11.4 Å². The molecule has 2 heterocycles. The maximum absolute atomic E-state index is 12.4. The molecule has 0 saturated carbocycles. The molecule has 0 aromatic heterocycles. The van der Waals surface area contributed by atoms with E-state index in [9.17, 15) is 4.79 Å². The highest BCUT2D eigenvalue weighted by Crippen LogP contribution is 2.28. The number of halogens is 1. The zero-order valence-corrected chi connectivity index (χ0v) is 14.0. The maximum atomic E-state index is 12.4. The molecule has 0 atom stereocenters. The van der Waals surface area contributed by atoms with Gasteiger partial charge in [-0.3, -0.25) is 4.79 Å². The number of carbonyl (C=O) groups excluding carboxylic acids is 1. The summed E-state index contributed by atoms with van der Waals surface area (Å²) in [4.78, 5) is 17.0. The Balaban J connectivity index is 0.00000192. The van der Waals surface area contributed by atoms with E-state index in [4.69, 9.17) is 4.74 Å². The van der Waals surface area contributed by atoms with Crippen molar-refractivity contribution in [1.82, 2.24) is 9.55 Å². The van der Waals surface area contributed by atoms with Gasteiger partial charge in [-0.15, -0.1) is 12.4 Å². The minimum absolute atomic E-state index is 0. The molecular weight excluding hydrogens is 312 g/mol. The van der Waals surface area contributed by atoms with Crippen LogP contribution in [0, 0.1) is 6.92 Å². The van der Waals surface area contributed by atoms with Crippen LogP contribution in [0.15, 0.2) is 48.7 Å². The SMILES string of the molecule is COCc1nc2n(CC(=O)c3ccccc3)cccc-2c1C.Cl. The molecule has 0 fully saturated rings. The summed E-state index contributed by atoms with van der Waals surface area (Å²) in [5, 5.41) is 0. The third-order valence-corrected chi connectivity index (χ3v) is 3.81. The zero-order valence-electron chi connectivity index (χ0n) is 13.2. The van der Waals surface area contributed by atoms with Crippen molar-refractivity contribution in [2.24, 2.45) is 0 Å². The predicted octanol–water partition coefficient (Wildman–Crippen LogP) is 3.75. The van der Waals surface area contributed by atoms with Crippen LogP contribution in [0.5, 0.6) is 0 Å². The van der Waals surface area contributed by atoms with Crippen molar-refractivity contribution in [2.75, 3.05) is 7.11 Å². The molecule has 4 nitrogen and oxygen atoms in total. The van der Waals surface area contributed by atoms with Crippen LogP contribution in [0.1, 0.15) is 21.6 Å². The standard InChI is InChI=1S/C18H18N2O2.ClH/c1-13-15-9-6-10-20(18(15)19-16(13)12-22-2)11-17(21)14-7-4-3-5-8-14;/h3-10H,11-12H2,1-2H3;1H. The van der Waals surface area contributed by atoms with Gasteiger partial charge in [0.05, 0.1) is 18.8 Å². The highest BCUT2D eigenvalue weighted by atomic mass is 35.5. The first-order valence-electron chi connectivity index (χ1n) is 7.22. The lowest BCUT2D eigenvalue weighted by molar-refractivity contribution is 0.0972. The Bertz CT molecular complexity index is 768. The molecule has 120 valence electrons. The van der Waals surface area contributed by atoms with Gasteiger partial charge in [-0.25, -0.2) is 4.98 Å². The summed E-state index contributed by atoms with van der Waals surface area (Å²) in [5.74, 6) is 0.906. The molecule has 23 heavy (non-hydrogen) atoms. The molecule has 1 aromatic rings. The van der Waals surface area contributed by atoms with Gasteiger partial charge in [0.25, 0.3) is 0 Å². The quantitative estimate of drug-likeness (QED) is 0.669. The summed E-state index contributed by atoms with van der Waals surface area (Å²) in [6.07, 6.45) is 1.90. The minimum atomic E-state index is 0. The van der Waals surface area contributed by atoms with E-state index in [1.165, 1.54) is 0 Å². The van der Waals surface area contributed by atoms with Crippen molar-refractivity contribution in [3.8, 4) is 11.4 Å². The minimum Gasteiger partial charge on any atom is -0.378 e. The van der Waals surface area contributed by atoms with Crippen molar-refractivity contribution in [1.29, 1.82) is 0 Å². The van der Waals surface area contributed by atoms with Crippen LogP contribution in [-0.4, -0.2) is 22.4 Å². The van der Waals surface area contributed by atoms with E-state index in [0.29, 0.717) is 12.2 Å². The predicted molar refractivity (Wildman–Crippen MR) is 92.3 cm³/mol. The molecule has 1 aromatic carbocycles. The lowest BCUT2D eigenvalue weighted by Crippen LogP contribution is -2.12. The third-order valence-electron chi connectivity index (χ3n) is 3.81. The summed E-state index contributed by atoms with van der Waals surface area (Å²) in [7, 11) is 1.66. The topological polar surface area (TPSA) is 44.1 Å². The smallest absolute Gasteiger partial charge is 0.182 e. The summed E-state index contributed by atoms with van der Waals surface area (Å²) in [5.41, 5.74) is 3.81. The molecule has 0 unspecified atom stereocenters. The third kappa shape index (κ3) is 3.44. The van der Waals surface area contributed by atoms with Crippen LogP contribution >= 0.6 is 12.4 Å². The Morgan fingerprint density at radius 2 is 1.91 bits per heavy atom.